The van der Waals surface area contributed by atoms with Crippen LogP contribution in [0.5, 0.6) is 0 Å². The molecule has 1 aromatic heterocycles. The van der Waals surface area contributed by atoms with Crippen molar-refractivity contribution >= 4 is 21.8 Å². The van der Waals surface area contributed by atoms with Crippen molar-refractivity contribution in [2.24, 2.45) is 0 Å². The minimum absolute atomic E-state index is 0.0503. The lowest BCUT2D eigenvalue weighted by Gasteiger charge is -2.04. The van der Waals surface area contributed by atoms with Gasteiger partial charge in [-0.3, -0.25) is 14.8 Å². The Morgan fingerprint density at radius 3 is 3.00 bits per heavy atom. The summed E-state index contributed by atoms with van der Waals surface area (Å²) in [6.45, 7) is 2.19. The Morgan fingerprint density at radius 1 is 1.69 bits per heavy atom. The van der Waals surface area contributed by atoms with Crippen LogP contribution in [-0.4, -0.2) is 20.7 Å². The zero-order valence-electron chi connectivity index (χ0n) is 7.20. The highest BCUT2D eigenvalue weighted by atomic mass is 79.9. The third-order valence-electron chi connectivity index (χ3n) is 1.42. The Hall–Kier alpha value is -0.970. The van der Waals surface area contributed by atoms with Crippen LogP contribution in [0.25, 0.3) is 0 Å². The zero-order valence-corrected chi connectivity index (χ0v) is 8.78. The van der Waals surface area contributed by atoms with E-state index in [1.54, 1.807) is 25.5 Å². The molecular weight excluding hydrogens is 234 g/mol. The number of hydrogen-bond acceptors (Lipinski definition) is 3. The van der Waals surface area contributed by atoms with Gasteiger partial charge in [0.25, 0.3) is 0 Å². The van der Waals surface area contributed by atoms with Crippen molar-refractivity contribution in [1.82, 2.24) is 15.3 Å². The number of hydrogen-bond donors (Lipinski definition) is 1. The van der Waals surface area contributed by atoms with Crippen molar-refractivity contribution in [2.75, 3.05) is 0 Å². The zero-order chi connectivity index (χ0) is 9.68. The van der Waals surface area contributed by atoms with Gasteiger partial charge in [-0.1, -0.05) is 15.9 Å². The summed E-state index contributed by atoms with van der Waals surface area (Å²) >= 11 is 3.17. The maximum Gasteiger partial charge on any atom is 0.233 e. The molecule has 0 aliphatic carbocycles. The van der Waals surface area contributed by atoms with Crippen molar-refractivity contribution in [1.29, 1.82) is 0 Å². The Kier molecular flexibility index (Phi) is 3.82. The van der Waals surface area contributed by atoms with E-state index in [2.05, 4.69) is 31.2 Å². The molecule has 0 fully saturated rings. The number of nitrogens with one attached hydrogen (secondary N) is 1. The Morgan fingerprint density at radius 2 is 2.46 bits per heavy atom. The highest BCUT2D eigenvalue weighted by Gasteiger charge is 2.07. The van der Waals surface area contributed by atoms with Crippen LogP contribution < -0.4 is 5.32 Å². The van der Waals surface area contributed by atoms with Crippen LogP contribution >= 0.6 is 15.9 Å². The van der Waals surface area contributed by atoms with E-state index >= 15 is 0 Å². The fourth-order valence-corrected chi connectivity index (χ4v) is 0.901. The molecule has 0 aliphatic rings. The van der Waals surface area contributed by atoms with E-state index in [-0.39, 0.29) is 10.7 Å². The van der Waals surface area contributed by atoms with Gasteiger partial charge in [0.2, 0.25) is 5.91 Å². The number of carbonyl (C=O) groups excluding carboxylic acids is 1. The van der Waals surface area contributed by atoms with Gasteiger partial charge in [-0.15, -0.1) is 0 Å². The van der Waals surface area contributed by atoms with Gasteiger partial charge in [0.1, 0.15) is 0 Å². The van der Waals surface area contributed by atoms with Crippen molar-refractivity contribution in [3.8, 4) is 0 Å². The molecule has 0 aliphatic heterocycles. The average molecular weight is 244 g/mol. The van der Waals surface area contributed by atoms with Gasteiger partial charge >= 0.3 is 0 Å². The molecule has 5 heteroatoms. The lowest BCUT2D eigenvalue weighted by Crippen LogP contribution is -2.29. The number of alkyl halides is 1. The largest absolute Gasteiger partial charge is 0.349 e. The smallest absolute Gasteiger partial charge is 0.233 e. The van der Waals surface area contributed by atoms with Gasteiger partial charge in [-0.2, -0.15) is 0 Å². The summed E-state index contributed by atoms with van der Waals surface area (Å²) in [6.07, 6.45) is 4.82. The predicted octanol–water partition coefficient (Wildman–Crippen LogP) is 0.876. The normalized spacial score (nSPS) is 12.2. The molecule has 4 nitrogen and oxygen atoms in total. The molecule has 1 N–H and O–H groups in total. The summed E-state index contributed by atoms with van der Waals surface area (Å²) in [7, 11) is 0. The quantitative estimate of drug-likeness (QED) is 0.803. The molecule has 0 spiro atoms. The maximum atomic E-state index is 11.1. The SMILES string of the molecule is CC(Br)C(=O)NCc1cnccn1. The summed E-state index contributed by atoms with van der Waals surface area (Å²) in [4.78, 5) is 18.8. The second kappa shape index (κ2) is 4.91. The number of nitrogens with zero attached hydrogens (tertiary/aromatic N) is 2. The highest BCUT2D eigenvalue weighted by Crippen LogP contribution is 1.97. The Labute approximate surface area is 84.9 Å². The first kappa shape index (κ1) is 10.1. The highest BCUT2D eigenvalue weighted by molar-refractivity contribution is 9.10. The van der Waals surface area contributed by atoms with Crippen LogP contribution in [0.1, 0.15) is 12.6 Å². The molecule has 0 bridgehead atoms. The average Bonchev–Trinajstić information content (AvgIpc) is 2.15. The van der Waals surface area contributed by atoms with Crippen molar-refractivity contribution in [3.05, 3.63) is 24.3 Å². The fraction of sp³-hybridized carbons (Fsp3) is 0.375. The van der Waals surface area contributed by atoms with Crippen molar-refractivity contribution < 1.29 is 4.79 Å². The van der Waals surface area contributed by atoms with E-state index in [1.165, 1.54) is 0 Å². The van der Waals surface area contributed by atoms with Gasteiger partial charge in [-0.05, 0) is 6.92 Å². The first-order valence-corrected chi connectivity index (χ1v) is 4.78. The van der Waals surface area contributed by atoms with E-state index in [1.807, 2.05) is 0 Å². The van der Waals surface area contributed by atoms with E-state index < -0.39 is 0 Å². The standard InChI is InChI=1S/C8H10BrN3O/c1-6(9)8(13)12-5-7-4-10-2-3-11-7/h2-4,6H,5H2,1H3,(H,12,13). The summed E-state index contributed by atoms with van der Waals surface area (Å²) < 4.78 is 0. The van der Waals surface area contributed by atoms with Crippen LogP contribution in [0.15, 0.2) is 18.6 Å². The second-order valence-corrected chi connectivity index (χ2v) is 3.90. The van der Waals surface area contributed by atoms with E-state index in [9.17, 15) is 4.79 Å². The number of rotatable bonds is 3. The molecule has 1 rings (SSSR count). The molecule has 70 valence electrons. The number of carbonyl (C=O) groups is 1. The Bertz CT molecular complexity index is 276. The molecule has 13 heavy (non-hydrogen) atoms. The van der Waals surface area contributed by atoms with Gasteiger partial charge in [0.15, 0.2) is 0 Å². The molecule has 1 aromatic rings. The van der Waals surface area contributed by atoms with Crippen molar-refractivity contribution in [2.45, 2.75) is 18.3 Å². The topological polar surface area (TPSA) is 54.9 Å². The first-order chi connectivity index (χ1) is 6.20. The Balaban J connectivity index is 2.40. The molecule has 1 atom stereocenters. The molecule has 0 radical (unpaired) electrons. The molecule has 1 amide bonds. The van der Waals surface area contributed by atoms with Crippen LogP contribution in [0.4, 0.5) is 0 Å². The fourth-order valence-electron chi connectivity index (χ4n) is 0.740. The van der Waals surface area contributed by atoms with Crippen LogP contribution in [0, 0.1) is 0 Å². The maximum absolute atomic E-state index is 11.1. The van der Waals surface area contributed by atoms with Gasteiger partial charge in [0, 0.05) is 12.4 Å². The number of amides is 1. The molecule has 0 aromatic carbocycles. The lowest BCUT2D eigenvalue weighted by molar-refractivity contribution is -0.120. The van der Waals surface area contributed by atoms with Gasteiger partial charge in [0.05, 0.1) is 23.3 Å². The molecule has 1 heterocycles. The van der Waals surface area contributed by atoms with Gasteiger partial charge in [-0.25, -0.2) is 0 Å². The van der Waals surface area contributed by atoms with E-state index in [0.717, 1.165) is 5.69 Å². The van der Waals surface area contributed by atoms with Crippen LogP contribution in [0.3, 0.4) is 0 Å². The predicted molar refractivity (Wildman–Crippen MR) is 52.3 cm³/mol. The van der Waals surface area contributed by atoms with E-state index in [0.29, 0.717) is 6.54 Å². The summed E-state index contributed by atoms with van der Waals surface area (Å²) in [5.41, 5.74) is 0.754. The summed E-state index contributed by atoms with van der Waals surface area (Å²) in [5.74, 6) is -0.0503. The van der Waals surface area contributed by atoms with Crippen molar-refractivity contribution in [3.63, 3.8) is 0 Å². The first-order valence-electron chi connectivity index (χ1n) is 3.87. The van der Waals surface area contributed by atoms with Gasteiger partial charge < -0.3 is 5.32 Å². The lowest BCUT2D eigenvalue weighted by atomic mass is 10.4. The van der Waals surface area contributed by atoms with E-state index in [4.69, 9.17) is 0 Å². The number of halogens is 1. The number of aromatic nitrogens is 2. The summed E-state index contributed by atoms with van der Waals surface area (Å²) in [6, 6.07) is 0. The third kappa shape index (κ3) is 3.50. The molecular formula is C8H10BrN3O. The van der Waals surface area contributed by atoms with Crippen LogP contribution in [0.2, 0.25) is 0 Å². The monoisotopic (exact) mass is 243 g/mol. The minimum atomic E-state index is -0.177. The third-order valence-corrected chi connectivity index (χ3v) is 1.84. The van der Waals surface area contributed by atoms with Crippen LogP contribution in [-0.2, 0) is 11.3 Å². The molecule has 0 saturated heterocycles. The molecule has 0 saturated carbocycles. The second-order valence-electron chi connectivity index (χ2n) is 2.53. The molecule has 1 unspecified atom stereocenters. The summed E-state index contributed by atoms with van der Waals surface area (Å²) in [5, 5.41) is 2.71. The minimum Gasteiger partial charge on any atom is -0.349 e.